The number of hydrogen-bond acceptors (Lipinski definition) is 3. The maximum Gasteiger partial charge on any atom is 0.252 e. The van der Waals surface area contributed by atoms with Gasteiger partial charge < -0.3 is 5.32 Å². The van der Waals surface area contributed by atoms with E-state index in [2.05, 4.69) is 11.2 Å². The second-order valence-electron chi connectivity index (χ2n) is 4.32. The van der Waals surface area contributed by atoms with E-state index >= 15 is 0 Å². The molecule has 2 rings (SSSR count). The molecule has 1 N–H and O–H groups in total. The molecule has 1 aromatic rings. The average molecular weight is 278 g/mol. The molecule has 0 aliphatic carbocycles. The van der Waals surface area contributed by atoms with Crippen LogP contribution in [-0.2, 0) is 16.4 Å². The molecule has 19 heavy (non-hydrogen) atoms. The van der Waals surface area contributed by atoms with E-state index in [1.807, 2.05) is 0 Å². The van der Waals surface area contributed by atoms with Crippen LogP contribution in [0.1, 0.15) is 15.9 Å². The predicted molar refractivity (Wildman–Crippen MR) is 73.5 cm³/mol. The maximum atomic E-state index is 11.7. The lowest BCUT2D eigenvalue weighted by Gasteiger charge is -2.16. The first-order valence-corrected chi connectivity index (χ1v) is 7.60. The van der Waals surface area contributed by atoms with Gasteiger partial charge in [0.1, 0.15) is 0 Å². The summed E-state index contributed by atoms with van der Waals surface area (Å²) >= 11 is 0. The highest BCUT2D eigenvalue weighted by atomic mass is 32.2. The van der Waals surface area contributed by atoms with Crippen molar-refractivity contribution in [3.05, 3.63) is 29.3 Å². The number of fused-ring (bicyclic) bond motifs is 1. The quantitative estimate of drug-likeness (QED) is 0.812. The summed E-state index contributed by atoms with van der Waals surface area (Å²) in [6, 6.07) is 4.98. The number of rotatable bonds is 3. The number of amides is 1. The van der Waals surface area contributed by atoms with Gasteiger partial charge in [-0.05, 0) is 30.2 Å². The number of hydrogen-bond donors (Lipinski definition) is 1. The number of sulfonamides is 1. The monoisotopic (exact) mass is 278 g/mol. The predicted octanol–water partition coefficient (Wildman–Crippen LogP) is 0.372. The summed E-state index contributed by atoms with van der Waals surface area (Å²) in [6.07, 6.45) is 6.86. The first kappa shape index (κ1) is 13.4. The number of nitrogens with zero attached hydrogens (tertiary/aromatic N) is 1. The molecule has 0 unspecified atom stereocenters. The summed E-state index contributed by atoms with van der Waals surface area (Å²) in [4.78, 5) is 11.7. The molecular formula is C13H14N2O3S. The zero-order valence-electron chi connectivity index (χ0n) is 10.5. The number of terminal acetylenes is 1. The van der Waals surface area contributed by atoms with Crippen LogP contribution in [0.4, 0.5) is 5.69 Å². The van der Waals surface area contributed by atoms with Gasteiger partial charge in [-0.3, -0.25) is 9.10 Å². The highest BCUT2D eigenvalue weighted by molar-refractivity contribution is 7.92. The Morgan fingerprint density at radius 2 is 2.26 bits per heavy atom. The zero-order valence-corrected chi connectivity index (χ0v) is 11.3. The van der Waals surface area contributed by atoms with Gasteiger partial charge in [-0.25, -0.2) is 8.42 Å². The first-order chi connectivity index (χ1) is 8.93. The van der Waals surface area contributed by atoms with Crippen LogP contribution >= 0.6 is 0 Å². The normalized spacial score (nSPS) is 13.8. The van der Waals surface area contributed by atoms with Gasteiger partial charge in [-0.2, -0.15) is 0 Å². The number of nitrogens with one attached hydrogen (secondary N) is 1. The average Bonchev–Trinajstić information content (AvgIpc) is 2.78. The number of carbonyl (C=O) groups excluding carboxylic acids is 1. The molecule has 0 fully saturated rings. The lowest BCUT2D eigenvalue weighted by atomic mass is 10.1. The fourth-order valence-corrected chi connectivity index (χ4v) is 3.05. The van der Waals surface area contributed by atoms with Crippen molar-refractivity contribution in [1.82, 2.24) is 5.32 Å². The van der Waals surface area contributed by atoms with E-state index in [0.717, 1.165) is 5.56 Å². The van der Waals surface area contributed by atoms with Gasteiger partial charge in [0.2, 0.25) is 10.0 Å². The largest absolute Gasteiger partial charge is 0.341 e. The Hall–Kier alpha value is -2.00. The van der Waals surface area contributed by atoms with E-state index in [9.17, 15) is 13.2 Å². The maximum absolute atomic E-state index is 11.7. The van der Waals surface area contributed by atoms with Gasteiger partial charge in [0, 0.05) is 12.1 Å². The van der Waals surface area contributed by atoms with Crippen LogP contribution in [0.3, 0.4) is 0 Å². The van der Waals surface area contributed by atoms with Crippen LogP contribution in [0.25, 0.3) is 0 Å². The van der Waals surface area contributed by atoms with Gasteiger partial charge >= 0.3 is 0 Å². The second-order valence-corrected chi connectivity index (χ2v) is 6.22. The van der Waals surface area contributed by atoms with Crippen LogP contribution in [0, 0.1) is 12.3 Å². The fraction of sp³-hybridized carbons (Fsp3) is 0.308. The zero-order chi connectivity index (χ0) is 14.0. The molecule has 5 nitrogen and oxygen atoms in total. The topological polar surface area (TPSA) is 66.5 Å². The second kappa shape index (κ2) is 4.94. The van der Waals surface area contributed by atoms with Crippen LogP contribution in [0.2, 0.25) is 0 Å². The molecule has 0 spiro atoms. The molecule has 1 heterocycles. The van der Waals surface area contributed by atoms with Crippen LogP contribution in [0.15, 0.2) is 18.2 Å². The van der Waals surface area contributed by atoms with Gasteiger partial charge in [0.05, 0.1) is 18.5 Å². The highest BCUT2D eigenvalue weighted by Crippen LogP contribution is 2.30. The van der Waals surface area contributed by atoms with E-state index in [4.69, 9.17) is 6.42 Å². The minimum atomic E-state index is -3.26. The molecular weight excluding hydrogens is 264 g/mol. The van der Waals surface area contributed by atoms with Gasteiger partial charge in [0.25, 0.3) is 5.91 Å². The van der Waals surface area contributed by atoms with Gasteiger partial charge in [-0.15, -0.1) is 6.42 Å². The standard InChI is InChI=1S/C13H14N2O3S/c1-3-7-14-13(16)11-4-5-12-10(9-11)6-8-15(12)19(2,17)18/h1,4-5,9H,6-8H2,2H3,(H,14,16). The Morgan fingerprint density at radius 1 is 1.53 bits per heavy atom. The third-order valence-corrected chi connectivity index (χ3v) is 4.13. The van der Waals surface area contributed by atoms with Gasteiger partial charge in [-0.1, -0.05) is 5.92 Å². The Kier molecular flexibility index (Phi) is 3.49. The Morgan fingerprint density at radius 3 is 2.89 bits per heavy atom. The van der Waals surface area contributed by atoms with Crippen molar-refractivity contribution in [1.29, 1.82) is 0 Å². The van der Waals surface area contributed by atoms with Crippen molar-refractivity contribution in [3.63, 3.8) is 0 Å². The minimum Gasteiger partial charge on any atom is -0.341 e. The molecule has 0 saturated heterocycles. The molecule has 1 aromatic carbocycles. The van der Waals surface area contributed by atoms with E-state index in [1.54, 1.807) is 18.2 Å². The summed E-state index contributed by atoms with van der Waals surface area (Å²) in [5.41, 5.74) is 2.00. The molecule has 1 amide bonds. The lowest BCUT2D eigenvalue weighted by molar-refractivity contribution is 0.0958. The third kappa shape index (κ3) is 2.71. The molecule has 0 radical (unpaired) electrons. The van der Waals surface area contributed by atoms with E-state index < -0.39 is 10.0 Å². The van der Waals surface area contributed by atoms with Crippen molar-refractivity contribution in [2.75, 3.05) is 23.7 Å². The number of benzene rings is 1. The summed E-state index contributed by atoms with van der Waals surface area (Å²) in [5, 5.41) is 2.57. The fourth-order valence-electron chi connectivity index (χ4n) is 2.09. The molecule has 1 aliphatic rings. The van der Waals surface area contributed by atoms with Crippen LogP contribution in [0.5, 0.6) is 0 Å². The Balaban J connectivity index is 2.28. The summed E-state index contributed by atoms with van der Waals surface area (Å²) in [6.45, 7) is 0.592. The Bertz CT molecular complexity index is 659. The Labute approximate surface area is 112 Å². The molecule has 1 aliphatic heterocycles. The lowest BCUT2D eigenvalue weighted by Crippen LogP contribution is -2.27. The molecule has 6 heteroatoms. The molecule has 0 saturated carbocycles. The van der Waals surface area contributed by atoms with Gasteiger partial charge in [0.15, 0.2) is 0 Å². The summed E-state index contributed by atoms with van der Waals surface area (Å²) < 4.78 is 24.5. The first-order valence-electron chi connectivity index (χ1n) is 5.76. The summed E-state index contributed by atoms with van der Waals surface area (Å²) in [7, 11) is -3.26. The van der Waals surface area contributed by atoms with E-state index in [0.29, 0.717) is 24.2 Å². The summed E-state index contributed by atoms with van der Waals surface area (Å²) in [5.74, 6) is 2.08. The van der Waals surface area contributed by atoms with Crippen molar-refractivity contribution in [2.45, 2.75) is 6.42 Å². The molecule has 100 valence electrons. The van der Waals surface area contributed by atoms with Crippen LogP contribution in [-0.4, -0.2) is 33.7 Å². The van der Waals surface area contributed by atoms with Crippen molar-refractivity contribution in [2.24, 2.45) is 0 Å². The third-order valence-electron chi connectivity index (χ3n) is 2.95. The minimum absolute atomic E-state index is 0.172. The molecule has 0 bridgehead atoms. The van der Waals surface area contributed by atoms with E-state index in [-0.39, 0.29) is 12.5 Å². The SMILES string of the molecule is C#CCNC(=O)c1ccc2c(c1)CCN2S(C)(=O)=O. The number of anilines is 1. The highest BCUT2D eigenvalue weighted by Gasteiger charge is 2.26. The number of carbonyl (C=O) groups is 1. The molecule has 0 aromatic heterocycles. The van der Waals surface area contributed by atoms with Crippen molar-refractivity contribution in [3.8, 4) is 12.3 Å². The van der Waals surface area contributed by atoms with Crippen molar-refractivity contribution < 1.29 is 13.2 Å². The molecule has 0 atom stereocenters. The smallest absolute Gasteiger partial charge is 0.252 e. The van der Waals surface area contributed by atoms with E-state index in [1.165, 1.54) is 10.6 Å². The van der Waals surface area contributed by atoms with Crippen molar-refractivity contribution >= 4 is 21.6 Å². The van der Waals surface area contributed by atoms with Crippen LogP contribution < -0.4 is 9.62 Å².